The molecule has 0 unspecified atom stereocenters. The van der Waals surface area contributed by atoms with Crippen LogP contribution in [0.25, 0.3) is 0 Å². The quantitative estimate of drug-likeness (QED) is 0.868. The summed E-state index contributed by atoms with van der Waals surface area (Å²) in [4.78, 5) is 25.6. The zero-order valence-electron chi connectivity index (χ0n) is 15.2. The van der Waals surface area contributed by atoms with Crippen molar-refractivity contribution in [2.45, 2.75) is 0 Å². The number of carbonyl (C=O) groups excluding carboxylic acids is 1. The number of piperazine rings is 1. The van der Waals surface area contributed by atoms with E-state index in [-0.39, 0.29) is 5.91 Å². The number of hydrogen-bond donors (Lipinski definition) is 1. The van der Waals surface area contributed by atoms with Crippen molar-refractivity contribution < 1.29 is 14.3 Å². The van der Waals surface area contributed by atoms with Crippen LogP contribution in [-0.2, 0) is 0 Å². The molecule has 0 aliphatic carbocycles. The molecule has 0 bridgehead atoms. The van der Waals surface area contributed by atoms with Gasteiger partial charge in [0.25, 0.3) is 5.91 Å². The lowest BCUT2D eigenvalue weighted by atomic mass is 10.2. The molecule has 0 spiro atoms. The Bertz CT molecular complexity index is 775. The summed E-state index contributed by atoms with van der Waals surface area (Å²) in [7, 11) is 5.21. The third-order valence-corrected chi connectivity index (χ3v) is 4.30. The Labute approximate surface area is 152 Å². The van der Waals surface area contributed by atoms with Crippen molar-refractivity contribution in [3.05, 3.63) is 36.2 Å². The van der Waals surface area contributed by atoms with Crippen LogP contribution in [-0.4, -0.2) is 68.2 Å². The summed E-state index contributed by atoms with van der Waals surface area (Å²) >= 11 is 0. The topological polar surface area (TPSA) is 79.8 Å². The molecule has 8 nitrogen and oxygen atoms in total. The normalized spacial score (nSPS) is 14.8. The zero-order chi connectivity index (χ0) is 18.5. The van der Waals surface area contributed by atoms with Gasteiger partial charge in [0.2, 0.25) is 5.95 Å². The number of carbonyl (C=O) groups is 1. The smallest absolute Gasteiger partial charge is 0.274 e. The molecule has 0 saturated carbocycles. The minimum Gasteiger partial charge on any atom is -0.493 e. The molecule has 2 heterocycles. The Morgan fingerprint density at radius 2 is 1.81 bits per heavy atom. The van der Waals surface area contributed by atoms with Crippen LogP contribution in [0.15, 0.2) is 30.5 Å². The van der Waals surface area contributed by atoms with Gasteiger partial charge in [0.15, 0.2) is 11.5 Å². The third kappa shape index (κ3) is 4.02. The van der Waals surface area contributed by atoms with Crippen molar-refractivity contribution in [1.29, 1.82) is 0 Å². The van der Waals surface area contributed by atoms with Crippen LogP contribution in [0.1, 0.15) is 10.5 Å². The summed E-state index contributed by atoms with van der Waals surface area (Å²) in [5.74, 6) is 1.43. The fourth-order valence-corrected chi connectivity index (χ4v) is 2.74. The lowest BCUT2D eigenvalue weighted by Gasteiger charge is -2.32. The molecule has 1 aromatic carbocycles. The highest BCUT2D eigenvalue weighted by molar-refractivity contribution is 6.03. The van der Waals surface area contributed by atoms with Crippen molar-refractivity contribution in [2.75, 3.05) is 57.7 Å². The van der Waals surface area contributed by atoms with Gasteiger partial charge in [-0.05, 0) is 25.2 Å². The number of ether oxygens (including phenoxy) is 2. The first kappa shape index (κ1) is 17.9. The molecule has 1 saturated heterocycles. The summed E-state index contributed by atoms with van der Waals surface area (Å²) in [6, 6.07) is 6.81. The number of benzene rings is 1. The highest BCUT2D eigenvalue weighted by atomic mass is 16.5. The molecule has 8 heteroatoms. The number of nitrogens with zero attached hydrogens (tertiary/aromatic N) is 4. The molecule has 138 valence electrons. The average Bonchev–Trinajstić information content (AvgIpc) is 2.68. The number of amides is 1. The largest absolute Gasteiger partial charge is 0.493 e. The lowest BCUT2D eigenvalue weighted by Crippen LogP contribution is -2.45. The molecule has 0 radical (unpaired) electrons. The molecule has 1 fully saturated rings. The molecule has 1 N–H and O–H groups in total. The highest BCUT2D eigenvalue weighted by Crippen LogP contribution is 2.29. The van der Waals surface area contributed by atoms with Crippen molar-refractivity contribution in [3.8, 4) is 11.5 Å². The number of anilines is 2. The maximum Gasteiger partial charge on any atom is 0.274 e. The van der Waals surface area contributed by atoms with E-state index < -0.39 is 0 Å². The molecule has 1 amide bonds. The Morgan fingerprint density at radius 1 is 1.08 bits per heavy atom. The highest BCUT2D eigenvalue weighted by Gasteiger charge is 2.18. The maximum absolute atomic E-state index is 12.6. The van der Waals surface area contributed by atoms with E-state index in [0.29, 0.717) is 28.8 Å². The van der Waals surface area contributed by atoms with Gasteiger partial charge < -0.3 is 24.6 Å². The van der Waals surface area contributed by atoms with Crippen LogP contribution >= 0.6 is 0 Å². The SMILES string of the molecule is COc1ccc(NC(=O)c2ccnc(N3CCN(C)CC3)n2)cc1OC. The molecular formula is C18H23N5O3. The van der Waals surface area contributed by atoms with E-state index in [1.807, 2.05) is 0 Å². The van der Waals surface area contributed by atoms with Gasteiger partial charge in [0, 0.05) is 44.1 Å². The first-order chi connectivity index (χ1) is 12.6. The van der Waals surface area contributed by atoms with Gasteiger partial charge in [-0.1, -0.05) is 0 Å². The fraction of sp³-hybridized carbons (Fsp3) is 0.389. The summed E-state index contributed by atoms with van der Waals surface area (Å²) in [6.45, 7) is 3.59. The molecule has 1 aliphatic rings. The van der Waals surface area contributed by atoms with Crippen molar-refractivity contribution in [1.82, 2.24) is 14.9 Å². The number of nitrogens with one attached hydrogen (secondary N) is 1. The molecule has 1 aliphatic heterocycles. The number of methoxy groups -OCH3 is 2. The van der Waals surface area contributed by atoms with Crippen LogP contribution in [0, 0.1) is 0 Å². The summed E-state index contributed by atoms with van der Waals surface area (Å²) in [6.07, 6.45) is 1.62. The fourth-order valence-electron chi connectivity index (χ4n) is 2.74. The second kappa shape index (κ2) is 8.01. The number of likely N-dealkylation sites (N-methyl/N-ethyl adjacent to an activating group) is 1. The van der Waals surface area contributed by atoms with Crippen LogP contribution in [0.2, 0.25) is 0 Å². The van der Waals surface area contributed by atoms with Crippen LogP contribution in [0.3, 0.4) is 0 Å². The second-order valence-electron chi connectivity index (χ2n) is 6.06. The lowest BCUT2D eigenvalue weighted by molar-refractivity contribution is 0.102. The standard InChI is InChI=1S/C18H23N5O3/c1-22-8-10-23(11-9-22)18-19-7-6-14(21-18)17(24)20-13-4-5-15(25-2)16(12-13)26-3/h4-7,12H,8-11H2,1-3H3,(H,20,24). The molecular weight excluding hydrogens is 334 g/mol. The van der Waals surface area contributed by atoms with Crippen molar-refractivity contribution >= 4 is 17.5 Å². The van der Waals surface area contributed by atoms with Gasteiger partial charge in [-0.2, -0.15) is 0 Å². The first-order valence-corrected chi connectivity index (χ1v) is 8.40. The molecule has 2 aromatic rings. The third-order valence-electron chi connectivity index (χ3n) is 4.30. The molecule has 1 aromatic heterocycles. The average molecular weight is 357 g/mol. The molecule has 0 atom stereocenters. The van der Waals surface area contributed by atoms with E-state index in [1.165, 1.54) is 0 Å². The van der Waals surface area contributed by atoms with E-state index in [1.54, 1.807) is 44.7 Å². The maximum atomic E-state index is 12.6. The van der Waals surface area contributed by atoms with Gasteiger partial charge >= 0.3 is 0 Å². The predicted octanol–water partition coefficient (Wildman–Crippen LogP) is 1.50. The minimum absolute atomic E-state index is 0.296. The zero-order valence-corrected chi connectivity index (χ0v) is 15.2. The Morgan fingerprint density at radius 3 is 2.50 bits per heavy atom. The second-order valence-corrected chi connectivity index (χ2v) is 6.06. The monoisotopic (exact) mass is 357 g/mol. The van der Waals surface area contributed by atoms with Gasteiger partial charge in [-0.3, -0.25) is 4.79 Å². The van der Waals surface area contributed by atoms with Gasteiger partial charge in [-0.15, -0.1) is 0 Å². The van der Waals surface area contributed by atoms with Crippen LogP contribution < -0.4 is 19.7 Å². The van der Waals surface area contributed by atoms with Crippen LogP contribution in [0.5, 0.6) is 11.5 Å². The Hall–Kier alpha value is -2.87. The first-order valence-electron chi connectivity index (χ1n) is 8.40. The summed E-state index contributed by atoms with van der Waals surface area (Å²) in [5.41, 5.74) is 0.927. The van der Waals surface area contributed by atoms with Crippen molar-refractivity contribution in [3.63, 3.8) is 0 Å². The number of hydrogen-bond acceptors (Lipinski definition) is 7. The van der Waals surface area contributed by atoms with Gasteiger partial charge in [0.05, 0.1) is 14.2 Å². The van der Waals surface area contributed by atoms with E-state index in [4.69, 9.17) is 9.47 Å². The Balaban J connectivity index is 1.73. The molecule has 26 heavy (non-hydrogen) atoms. The van der Waals surface area contributed by atoms with Crippen LogP contribution in [0.4, 0.5) is 11.6 Å². The van der Waals surface area contributed by atoms with Gasteiger partial charge in [0.1, 0.15) is 5.69 Å². The van der Waals surface area contributed by atoms with E-state index in [9.17, 15) is 4.79 Å². The van der Waals surface area contributed by atoms with Gasteiger partial charge in [-0.25, -0.2) is 9.97 Å². The summed E-state index contributed by atoms with van der Waals surface area (Å²) < 4.78 is 10.5. The number of rotatable bonds is 5. The summed E-state index contributed by atoms with van der Waals surface area (Å²) in [5, 5.41) is 2.83. The van der Waals surface area contributed by atoms with E-state index >= 15 is 0 Å². The number of aromatic nitrogens is 2. The van der Waals surface area contributed by atoms with E-state index in [0.717, 1.165) is 26.2 Å². The molecule has 3 rings (SSSR count). The van der Waals surface area contributed by atoms with Crippen molar-refractivity contribution in [2.24, 2.45) is 0 Å². The Kier molecular flexibility index (Phi) is 5.52. The van der Waals surface area contributed by atoms with E-state index in [2.05, 4.69) is 32.1 Å². The minimum atomic E-state index is -0.296. The predicted molar refractivity (Wildman–Crippen MR) is 99.2 cm³/mol.